The van der Waals surface area contributed by atoms with Crippen molar-refractivity contribution in [1.82, 2.24) is 0 Å². The first-order valence-corrected chi connectivity index (χ1v) is 8.41. The van der Waals surface area contributed by atoms with E-state index in [1.54, 1.807) is 29.8 Å². The van der Waals surface area contributed by atoms with Gasteiger partial charge in [-0.15, -0.1) is 22.7 Å². The number of rotatable bonds is 5. The van der Waals surface area contributed by atoms with Crippen LogP contribution in [0.15, 0.2) is 41.8 Å². The van der Waals surface area contributed by atoms with E-state index in [2.05, 4.69) is 17.5 Å². The second kappa shape index (κ2) is 6.15. The third kappa shape index (κ3) is 2.82. The van der Waals surface area contributed by atoms with Gasteiger partial charge in [-0.2, -0.15) is 0 Å². The van der Waals surface area contributed by atoms with Gasteiger partial charge in [0.15, 0.2) is 0 Å². The van der Waals surface area contributed by atoms with Gasteiger partial charge in [0, 0.05) is 26.7 Å². The van der Waals surface area contributed by atoms with Crippen LogP contribution in [0.25, 0.3) is 9.40 Å². The average molecular weight is 319 g/mol. The summed E-state index contributed by atoms with van der Waals surface area (Å²) >= 11 is 3.34. The summed E-state index contributed by atoms with van der Waals surface area (Å²) < 4.78 is 7.61. The molecule has 0 saturated heterocycles. The van der Waals surface area contributed by atoms with Crippen LogP contribution in [0, 0.1) is 0 Å². The Balaban J connectivity index is 1.88. The lowest BCUT2D eigenvalue weighted by atomic mass is 9.92. The molecule has 2 atom stereocenters. The number of nitrogens with two attached hydrogens (primary N) is 1. The third-order valence-electron chi connectivity index (χ3n) is 3.63. The maximum absolute atomic E-state index is 10.7. The minimum atomic E-state index is -0.576. The Labute approximate surface area is 131 Å². The number of aliphatic hydroxyl groups is 1. The van der Waals surface area contributed by atoms with E-state index in [0.717, 1.165) is 16.2 Å². The SMILES string of the molecule is COc1ccc(C(CN)C(O)c2cc3sccc3s2)cc1. The lowest BCUT2D eigenvalue weighted by Gasteiger charge is -2.21. The van der Waals surface area contributed by atoms with Crippen molar-refractivity contribution in [2.45, 2.75) is 12.0 Å². The number of thiophene rings is 2. The minimum Gasteiger partial charge on any atom is -0.497 e. The zero-order chi connectivity index (χ0) is 14.8. The van der Waals surface area contributed by atoms with Crippen LogP contribution in [0.1, 0.15) is 22.5 Å². The maximum Gasteiger partial charge on any atom is 0.118 e. The van der Waals surface area contributed by atoms with Gasteiger partial charge in [-0.3, -0.25) is 0 Å². The van der Waals surface area contributed by atoms with E-state index in [-0.39, 0.29) is 5.92 Å². The molecule has 2 aromatic heterocycles. The zero-order valence-electron chi connectivity index (χ0n) is 11.7. The molecule has 0 saturated carbocycles. The molecule has 0 spiro atoms. The molecule has 0 aliphatic heterocycles. The summed E-state index contributed by atoms with van der Waals surface area (Å²) in [7, 11) is 1.64. The molecule has 3 nitrogen and oxygen atoms in total. The molecule has 3 rings (SSSR count). The number of ether oxygens (including phenoxy) is 1. The zero-order valence-corrected chi connectivity index (χ0v) is 13.3. The molecule has 3 aromatic rings. The van der Waals surface area contributed by atoms with E-state index >= 15 is 0 Å². The van der Waals surface area contributed by atoms with Gasteiger partial charge < -0.3 is 15.6 Å². The summed E-state index contributed by atoms with van der Waals surface area (Å²) in [5, 5.41) is 12.8. The summed E-state index contributed by atoms with van der Waals surface area (Å²) in [4.78, 5) is 0.975. The van der Waals surface area contributed by atoms with Crippen molar-refractivity contribution in [2.75, 3.05) is 13.7 Å². The van der Waals surface area contributed by atoms with Crippen molar-refractivity contribution >= 4 is 32.1 Å². The number of aliphatic hydroxyl groups excluding tert-OH is 1. The van der Waals surface area contributed by atoms with Crippen LogP contribution in [0.4, 0.5) is 0 Å². The van der Waals surface area contributed by atoms with Crippen molar-refractivity contribution in [3.8, 4) is 5.75 Å². The van der Waals surface area contributed by atoms with Gasteiger partial charge >= 0.3 is 0 Å². The summed E-state index contributed by atoms with van der Waals surface area (Å²) in [5.74, 6) is 0.698. The largest absolute Gasteiger partial charge is 0.497 e. The Morgan fingerprint density at radius 1 is 1.19 bits per heavy atom. The third-order valence-corrected chi connectivity index (χ3v) is 5.79. The highest BCUT2D eigenvalue weighted by Crippen LogP contribution is 2.39. The quantitative estimate of drug-likeness (QED) is 0.753. The van der Waals surface area contributed by atoms with Crippen LogP contribution in [0.3, 0.4) is 0 Å². The van der Waals surface area contributed by atoms with Crippen LogP contribution in [0.5, 0.6) is 5.75 Å². The molecule has 1 aromatic carbocycles. The fourth-order valence-electron chi connectivity index (χ4n) is 2.43. The molecule has 21 heavy (non-hydrogen) atoms. The van der Waals surface area contributed by atoms with Gasteiger partial charge in [-0.25, -0.2) is 0 Å². The van der Waals surface area contributed by atoms with Crippen LogP contribution in [-0.4, -0.2) is 18.8 Å². The van der Waals surface area contributed by atoms with Gasteiger partial charge in [0.2, 0.25) is 0 Å². The van der Waals surface area contributed by atoms with Gasteiger partial charge in [0.05, 0.1) is 13.2 Å². The minimum absolute atomic E-state index is 0.108. The molecule has 110 valence electrons. The molecule has 3 N–H and O–H groups in total. The standard InChI is InChI=1S/C16H17NO2S2/c1-19-11-4-2-10(3-5-11)12(9-17)16(18)15-8-14-13(21-15)6-7-20-14/h2-8,12,16,18H,9,17H2,1H3. The van der Waals surface area contributed by atoms with Gasteiger partial charge in [0.25, 0.3) is 0 Å². The molecular formula is C16H17NO2S2. The van der Waals surface area contributed by atoms with Gasteiger partial charge in [0.1, 0.15) is 5.75 Å². The van der Waals surface area contributed by atoms with Crippen LogP contribution in [-0.2, 0) is 0 Å². The lowest BCUT2D eigenvalue weighted by Crippen LogP contribution is -2.19. The highest BCUT2D eigenvalue weighted by molar-refractivity contribution is 7.26. The van der Waals surface area contributed by atoms with Crippen LogP contribution >= 0.6 is 22.7 Å². The van der Waals surface area contributed by atoms with E-state index in [0.29, 0.717) is 6.54 Å². The molecule has 0 aliphatic carbocycles. The molecule has 0 amide bonds. The average Bonchev–Trinajstić information content (AvgIpc) is 3.10. The van der Waals surface area contributed by atoms with E-state index in [1.165, 1.54) is 9.40 Å². The molecule has 0 bridgehead atoms. The first kappa shape index (κ1) is 14.5. The molecule has 0 radical (unpaired) electrons. The number of hydrogen-bond acceptors (Lipinski definition) is 5. The van der Waals surface area contributed by atoms with E-state index in [9.17, 15) is 5.11 Å². The number of fused-ring (bicyclic) bond motifs is 1. The van der Waals surface area contributed by atoms with E-state index in [4.69, 9.17) is 10.5 Å². The Kier molecular flexibility index (Phi) is 4.26. The highest BCUT2D eigenvalue weighted by atomic mass is 32.1. The number of methoxy groups -OCH3 is 1. The summed E-state index contributed by atoms with van der Waals surface area (Å²) in [6.07, 6.45) is -0.576. The Bertz CT molecular complexity index is 689. The fraction of sp³-hybridized carbons (Fsp3) is 0.250. The van der Waals surface area contributed by atoms with Gasteiger partial charge in [-0.05, 0) is 35.2 Å². The molecule has 2 heterocycles. The second-order valence-electron chi connectivity index (χ2n) is 4.86. The highest BCUT2D eigenvalue weighted by Gasteiger charge is 2.23. The van der Waals surface area contributed by atoms with Crippen molar-refractivity contribution < 1.29 is 9.84 Å². The molecule has 0 aliphatic rings. The van der Waals surface area contributed by atoms with Crippen molar-refractivity contribution in [2.24, 2.45) is 5.73 Å². The number of benzene rings is 1. The lowest BCUT2D eigenvalue weighted by molar-refractivity contribution is 0.151. The summed E-state index contributed by atoms with van der Waals surface area (Å²) in [6.45, 7) is 0.402. The summed E-state index contributed by atoms with van der Waals surface area (Å²) in [6, 6.07) is 11.9. The van der Waals surface area contributed by atoms with Crippen LogP contribution < -0.4 is 10.5 Å². The number of hydrogen-bond donors (Lipinski definition) is 2. The molecule has 5 heteroatoms. The first-order valence-electron chi connectivity index (χ1n) is 6.72. The topological polar surface area (TPSA) is 55.5 Å². The smallest absolute Gasteiger partial charge is 0.118 e. The normalized spacial score (nSPS) is 14.2. The molecule has 2 unspecified atom stereocenters. The fourth-order valence-corrected chi connectivity index (χ4v) is 4.60. The monoisotopic (exact) mass is 319 g/mol. The van der Waals surface area contributed by atoms with E-state index in [1.807, 2.05) is 24.3 Å². The van der Waals surface area contributed by atoms with E-state index < -0.39 is 6.10 Å². The Hall–Kier alpha value is -1.40. The Morgan fingerprint density at radius 2 is 1.95 bits per heavy atom. The van der Waals surface area contributed by atoms with Crippen molar-refractivity contribution in [3.63, 3.8) is 0 Å². The van der Waals surface area contributed by atoms with Crippen LogP contribution in [0.2, 0.25) is 0 Å². The first-order chi connectivity index (χ1) is 10.2. The summed E-state index contributed by atoms with van der Waals surface area (Å²) in [5.41, 5.74) is 6.93. The molecular weight excluding hydrogens is 302 g/mol. The maximum atomic E-state index is 10.7. The Morgan fingerprint density at radius 3 is 2.57 bits per heavy atom. The predicted octanol–water partition coefficient (Wildman–Crippen LogP) is 3.75. The van der Waals surface area contributed by atoms with Crippen molar-refractivity contribution in [1.29, 1.82) is 0 Å². The van der Waals surface area contributed by atoms with Crippen molar-refractivity contribution in [3.05, 3.63) is 52.2 Å². The van der Waals surface area contributed by atoms with Gasteiger partial charge in [-0.1, -0.05) is 12.1 Å². The molecule has 0 fully saturated rings. The predicted molar refractivity (Wildman–Crippen MR) is 89.5 cm³/mol. The second-order valence-corrected chi connectivity index (χ2v) is 6.92.